The van der Waals surface area contributed by atoms with E-state index in [1.807, 2.05) is 42.9 Å². The second kappa shape index (κ2) is 6.30. The Labute approximate surface area is 124 Å². The van der Waals surface area contributed by atoms with Crippen LogP contribution in [0.3, 0.4) is 0 Å². The van der Waals surface area contributed by atoms with Crippen LogP contribution in [0.15, 0.2) is 24.3 Å². The van der Waals surface area contributed by atoms with Gasteiger partial charge >= 0.3 is 6.03 Å². The molecule has 0 radical (unpaired) electrons. The van der Waals surface area contributed by atoms with Crippen molar-refractivity contribution < 1.29 is 4.79 Å². The molecular formula is C15H21N5O. The molecule has 0 aliphatic carbocycles. The minimum absolute atomic E-state index is 0.225. The first-order chi connectivity index (χ1) is 10.0. The van der Waals surface area contributed by atoms with Crippen molar-refractivity contribution in [2.45, 2.75) is 20.4 Å². The fourth-order valence-corrected chi connectivity index (χ4v) is 2.13. The quantitative estimate of drug-likeness (QED) is 0.808. The molecule has 0 saturated heterocycles. The number of nitrogens with one attached hydrogen (secondary N) is 3. The van der Waals surface area contributed by atoms with Crippen molar-refractivity contribution in [1.29, 1.82) is 0 Å². The first-order valence-corrected chi connectivity index (χ1v) is 6.83. The minimum Gasteiger partial charge on any atom is -0.381 e. The van der Waals surface area contributed by atoms with Gasteiger partial charge in [0.25, 0.3) is 0 Å². The van der Waals surface area contributed by atoms with Gasteiger partial charge in [-0.05, 0) is 38.1 Å². The van der Waals surface area contributed by atoms with Gasteiger partial charge in [0.05, 0.1) is 5.69 Å². The Morgan fingerprint density at radius 1 is 1.19 bits per heavy atom. The number of nitrogens with zero attached hydrogens (tertiary/aromatic N) is 2. The maximum Gasteiger partial charge on any atom is 0.318 e. The zero-order valence-corrected chi connectivity index (χ0v) is 12.8. The summed E-state index contributed by atoms with van der Waals surface area (Å²) in [5.41, 5.74) is 5.18. The summed E-state index contributed by atoms with van der Waals surface area (Å²) in [6.45, 7) is 4.81. The van der Waals surface area contributed by atoms with Crippen LogP contribution in [0.4, 0.5) is 16.2 Å². The van der Waals surface area contributed by atoms with Crippen LogP contribution in [0.2, 0.25) is 0 Å². The standard InChI is InChI=1S/C15H21N5O/c1-10-14(11(2)20(4)19-10)9-17-12-5-7-13(8-6-12)18-15(21)16-3/h5-8,17H,9H2,1-4H3,(H2,16,18,21). The van der Waals surface area contributed by atoms with Gasteiger partial charge < -0.3 is 16.0 Å². The van der Waals surface area contributed by atoms with Crippen LogP contribution in [-0.4, -0.2) is 22.9 Å². The molecule has 2 aromatic rings. The molecule has 0 fully saturated rings. The number of carbonyl (C=O) groups is 1. The van der Waals surface area contributed by atoms with Gasteiger partial charge in [0.2, 0.25) is 0 Å². The molecule has 21 heavy (non-hydrogen) atoms. The van der Waals surface area contributed by atoms with Crippen LogP contribution in [0.5, 0.6) is 0 Å². The number of urea groups is 1. The number of carbonyl (C=O) groups excluding carboxylic acids is 1. The molecule has 112 valence electrons. The Balaban J connectivity index is 1.99. The number of anilines is 2. The number of hydrogen-bond donors (Lipinski definition) is 3. The van der Waals surface area contributed by atoms with Crippen molar-refractivity contribution in [2.24, 2.45) is 7.05 Å². The molecule has 0 aliphatic rings. The largest absolute Gasteiger partial charge is 0.381 e. The lowest BCUT2D eigenvalue weighted by atomic mass is 10.2. The van der Waals surface area contributed by atoms with E-state index in [1.165, 1.54) is 5.56 Å². The normalized spacial score (nSPS) is 10.3. The Hall–Kier alpha value is -2.50. The molecule has 0 bridgehead atoms. The maximum atomic E-state index is 11.2. The first kappa shape index (κ1) is 14.9. The number of aryl methyl sites for hydroxylation is 2. The first-order valence-electron chi connectivity index (χ1n) is 6.83. The number of amides is 2. The van der Waals surface area contributed by atoms with Crippen molar-refractivity contribution in [2.75, 3.05) is 17.7 Å². The summed E-state index contributed by atoms with van der Waals surface area (Å²) in [5.74, 6) is 0. The summed E-state index contributed by atoms with van der Waals surface area (Å²) in [6.07, 6.45) is 0. The van der Waals surface area contributed by atoms with Crippen molar-refractivity contribution in [3.8, 4) is 0 Å². The number of rotatable bonds is 4. The number of aromatic nitrogens is 2. The molecule has 1 aromatic carbocycles. The highest BCUT2D eigenvalue weighted by molar-refractivity contribution is 5.89. The monoisotopic (exact) mass is 287 g/mol. The number of hydrogen-bond acceptors (Lipinski definition) is 3. The third-order valence-electron chi connectivity index (χ3n) is 3.50. The van der Waals surface area contributed by atoms with Crippen LogP contribution in [-0.2, 0) is 13.6 Å². The number of benzene rings is 1. The summed E-state index contributed by atoms with van der Waals surface area (Å²) >= 11 is 0. The second-order valence-electron chi connectivity index (χ2n) is 4.91. The molecule has 0 atom stereocenters. The summed E-state index contributed by atoms with van der Waals surface area (Å²) in [4.78, 5) is 11.2. The lowest BCUT2D eigenvalue weighted by molar-refractivity contribution is 0.254. The summed E-state index contributed by atoms with van der Waals surface area (Å²) in [7, 11) is 3.54. The highest BCUT2D eigenvalue weighted by Crippen LogP contribution is 2.17. The topological polar surface area (TPSA) is 71.0 Å². The van der Waals surface area contributed by atoms with E-state index < -0.39 is 0 Å². The lowest BCUT2D eigenvalue weighted by Crippen LogP contribution is -2.24. The van der Waals surface area contributed by atoms with E-state index in [0.29, 0.717) is 0 Å². The third kappa shape index (κ3) is 3.53. The molecule has 6 heteroatoms. The summed E-state index contributed by atoms with van der Waals surface area (Å²) in [6, 6.07) is 7.37. The third-order valence-corrected chi connectivity index (χ3v) is 3.50. The average Bonchev–Trinajstić information content (AvgIpc) is 2.71. The van der Waals surface area contributed by atoms with E-state index in [9.17, 15) is 4.79 Å². The van der Waals surface area contributed by atoms with Crippen molar-refractivity contribution in [1.82, 2.24) is 15.1 Å². The highest BCUT2D eigenvalue weighted by atomic mass is 16.2. The molecule has 6 nitrogen and oxygen atoms in total. The van der Waals surface area contributed by atoms with E-state index in [4.69, 9.17) is 0 Å². The Bertz CT molecular complexity index is 630. The molecule has 1 heterocycles. The van der Waals surface area contributed by atoms with E-state index in [0.717, 1.165) is 29.3 Å². The van der Waals surface area contributed by atoms with E-state index in [1.54, 1.807) is 7.05 Å². The molecule has 2 rings (SSSR count). The maximum absolute atomic E-state index is 11.2. The van der Waals surface area contributed by atoms with Crippen LogP contribution in [0.1, 0.15) is 17.0 Å². The smallest absolute Gasteiger partial charge is 0.318 e. The zero-order chi connectivity index (χ0) is 15.4. The van der Waals surface area contributed by atoms with E-state index in [2.05, 4.69) is 28.0 Å². The van der Waals surface area contributed by atoms with Gasteiger partial charge in [-0.2, -0.15) is 5.10 Å². The van der Waals surface area contributed by atoms with Crippen molar-refractivity contribution in [3.63, 3.8) is 0 Å². The molecule has 2 amide bonds. The summed E-state index contributed by atoms with van der Waals surface area (Å²) < 4.78 is 1.89. The van der Waals surface area contributed by atoms with Crippen molar-refractivity contribution in [3.05, 3.63) is 41.2 Å². The zero-order valence-electron chi connectivity index (χ0n) is 12.8. The Morgan fingerprint density at radius 2 is 1.81 bits per heavy atom. The molecule has 0 spiro atoms. The fourth-order valence-electron chi connectivity index (χ4n) is 2.13. The van der Waals surface area contributed by atoms with Gasteiger partial charge in [0.15, 0.2) is 0 Å². The average molecular weight is 287 g/mol. The second-order valence-corrected chi connectivity index (χ2v) is 4.91. The predicted molar refractivity (Wildman–Crippen MR) is 84.5 cm³/mol. The Kier molecular flexibility index (Phi) is 4.47. The summed E-state index contributed by atoms with van der Waals surface area (Å²) in [5, 5.41) is 13.0. The van der Waals surface area contributed by atoms with Gasteiger partial charge in [-0.1, -0.05) is 0 Å². The molecule has 0 aliphatic heterocycles. The van der Waals surface area contributed by atoms with Gasteiger partial charge in [0.1, 0.15) is 0 Å². The van der Waals surface area contributed by atoms with Crippen molar-refractivity contribution >= 4 is 17.4 Å². The van der Waals surface area contributed by atoms with Crippen LogP contribution < -0.4 is 16.0 Å². The molecule has 1 aromatic heterocycles. The lowest BCUT2D eigenvalue weighted by Gasteiger charge is -2.09. The van der Waals surface area contributed by atoms with Gasteiger partial charge in [0, 0.05) is 43.3 Å². The fraction of sp³-hybridized carbons (Fsp3) is 0.333. The van der Waals surface area contributed by atoms with E-state index in [-0.39, 0.29) is 6.03 Å². The van der Waals surface area contributed by atoms with Crippen LogP contribution >= 0.6 is 0 Å². The predicted octanol–water partition coefficient (Wildman–Crippen LogP) is 2.40. The molecule has 3 N–H and O–H groups in total. The minimum atomic E-state index is -0.225. The molecule has 0 saturated carbocycles. The molecular weight excluding hydrogens is 266 g/mol. The van der Waals surface area contributed by atoms with Gasteiger partial charge in [-0.3, -0.25) is 4.68 Å². The Morgan fingerprint density at radius 3 is 2.33 bits per heavy atom. The highest BCUT2D eigenvalue weighted by Gasteiger charge is 2.08. The molecule has 0 unspecified atom stereocenters. The van der Waals surface area contributed by atoms with Crippen LogP contribution in [0, 0.1) is 13.8 Å². The SMILES string of the molecule is CNC(=O)Nc1ccc(NCc2c(C)nn(C)c2C)cc1. The van der Waals surface area contributed by atoms with E-state index >= 15 is 0 Å². The van der Waals surface area contributed by atoms with Gasteiger partial charge in [-0.25, -0.2) is 4.79 Å². The van der Waals surface area contributed by atoms with Crippen LogP contribution in [0.25, 0.3) is 0 Å². The van der Waals surface area contributed by atoms with Gasteiger partial charge in [-0.15, -0.1) is 0 Å².